The van der Waals surface area contributed by atoms with E-state index in [9.17, 15) is 0 Å². The molecule has 0 amide bonds. The van der Waals surface area contributed by atoms with Crippen LogP contribution >= 0.6 is 0 Å². The topological polar surface area (TPSA) is 29.5 Å². The molecule has 0 saturated carbocycles. The standard InChI is InChI=1S/C9H12O2.C3H8/c1-7(2)8-5-3-4-6-9(8)11-10;1-3-2/h3-7,10H,1-2H3;3H2,1-2H3. The lowest BCUT2D eigenvalue weighted by Crippen LogP contribution is -1.93. The van der Waals surface area contributed by atoms with E-state index in [0.29, 0.717) is 11.7 Å². The van der Waals surface area contributed by atoms with Crippen LogP contribution in [0.3, 0.4) is 0 Å². The highest BCUT2D eigenvalue weighted by Crippen LogP contribution is 2.24. The summed E-state index contributed by atoms with van der Waals surface area (Å²) in [4.78, 5) is 4.21. The third-order valence-electron chi connectivity index (χ3n) is 1.64. The van der Waals surface area contributed by atoms with Gasteiger partial charge in [0.25, 0.3) is 0 Å². The first-order chi connectivity index (χ1) is 6.67. The lowest BCUT2D eigenvalue weighted by Gasteiger charge is -2.08. The van der Waals surface area contributed by atoms with E-state index in [1.165, 1.54) is 6.42 Å². The summed E-state index contributed by atoms with van der Waals surface area (Å²) in [5.74, 6) is 0.917. The van der Waals surface area contributed by atoms with Gasteiger partial charge in [0.15, 0.2) is 5.75 Å². The van der Waals surface area contributed by atoms with E-state index in [2.05, 4.69) is 32.6 Å². The third-order valence-corrected chi connectivity index (χ3v) is 1.64. The van der Waals surface area contributed by atoms with Crippen molar-refractivity contribution in [3.63, 3.8) is 0 Å². The van der Waals surface area contributed by atoms with E-state index < -0.39 is 0 Å². The van der Waals surface area contributed by atoms with Gasteiger partial charge in [0.2, 0.25) is 0 Å². The molecule has 0 aromatic heterocycles. The Bertz CT molecular complexity index is 244. The van der Waals surface area contributed by atoms with E-state index in [1.54, 1.807) is 6.07 Å². The van der Waals surface area contributed by atoms with Crippen molar-refractivity contribution in [2.75, 3.05) is 0 Å². The Hall–Kier alpha value is -1.02. The van der Waals surface area contributed by atoms with E-state index in [0.717, 1.165) is 5.56 Å². The minimum absolute atomic E-state index is 0.373. The molecule has 0 heterocycles. The van der Waals surface area contributed by atoms with Gasteiger partial charge in [-0.3, -0.25) is 0 Å². The second kappa shape index (κ2) is 7.39. The molecule has 0 aliphatic rings. The van der Waals surface area contributed by atoms with Gasteiger partial charge in [-0.2, -0.15) is 0 Å². The first-order valence-corrected chi connectivity index (χ1v) is 5.07. The van der Waals surface area contributed by atoms with E-state index in [4.69, 9.17) is 5.26 Å². The van der Waals surface area contributed by atoms with Crippen molar-refractivity contribution >= 4 is 0 Å². The third kappa shape index (κ3) is 4.28. The van der Waals surface area contributed by atoms with E-state index in [-0.39, 0.29) is 0 Å². The normalized spacial score (nSPS) is 9.29. The Morgan fingerprint density at radius 1 is 1.21 bits per heavy atom. The molecule has 1 aromatic rings. The van der Waals surface area contributed by atoms with Gasteiger partial charge in [0.1, 0.15) is 0 Å². The molecule has 0 aliphatic carbocycles. The zero-order chi connectivity index (χ0) is 11.0. The van der Waals surface area contributed by atoms with Crippen LogP contribution in [0.4, 0.5) is 0 Å². The predicted molar refractivity (Wildman–Crippen MR) is 59.8 cm³/mol. The first kappa shape index (κ1) is 13.0. The Balaban J connectivity index is 0.000000500. The maximum atomic E-state index is 8.47. The molecule has 0 fully saturated rings. The quantitative estimate of drug-likeness (QED) is 0.570. The van der Waals surface area contributed by atoms with Crippen LogP contribution in [0.1, 0.15) is 45.6 Å². The monoisotopic (exact) mass is 196 g/mol. The Morgan fingerprint density at radius 2 is 1.71 bits per heavy atom. The first-order valence-electron chi connectivity index (χ1n) is 5.07. The predicted octanol–water partition coefficient (Wildman–Crippen LogP) is 4.08. The molecule has 1 aromatic carbocycles. The number of rotatable bonds is 2. The van der Waals surface area contributed by atoms with Gasteiger partial charge in [-0.15, -0.1) is 0 Å². The number of hydrogen-bond acceptors (Lipinski definition) is 2. The van der Waals surface area contributed by atoms with Crippen LogP contribution in [0.2, 0.25) is 0 Å². The smallest absolute Gasteiger partial charge is 0.168 e. The Kier molecular flexibility index (Phi) is 6.85. The molecule has 0 radical (unpaired) electrons. The second-order valence-corrected chi connectivity index (χ2v) is 3.49. The number of para-hydroxylation sites is 1. The summed E-state index contributed by atoms with van der Waals surface area (Å²) in [5, 5.41) is 8.47. The summed E-state index contributed by atoms with van der Waals surface area (Å²) in [7, 11) is 0. The van der Waals surface area contributed by atoms with Gasteiger partial charge in [-0.1, -0.05) is 52.3 Å². The molecule has 0 saturated heterocycles. The maximum absolute atomic E-state index is 8.47. The summed E-state index contributed by atoms with van der Waals surface area (Å²) >= 11 is 0. The lowest BCUT2D eigenvalue weighted by molar-refractivity contribution is -0.138. The van der Waals surface area contributed by atoms with Crippen LogP contribution in [-0.4, -0.2) is 5.26 Å². The summed E-state index contributed by atoms with van der Waals surface area (Å²) in [6.07, 6.45) is 1.25. The zero-order valence-electron chi connectivity index (χ0n) is 9.45. The summed E-state index contributed by atoms with van der Waals surface area (Å²) in [6.45, 7) is 8.36. The van der Waals surface area contributed by atoms with Crippen molar-refractivity contribution in [2.24, 2.45) is 0 Å². The fourth-order valence-electron chi connectivity index (χ4n) is 1.04. The minimum Gasteiger partial charge on any atom is -0.340 e. The summed E-state index contributed by atoms with van der Waals surface area (Å²) in [5.41, 5.74) is 1.02. The van der Waals surface area contributed by atoms with Crippen LogP contribution in [0.5, 0.6) is 5.75 Å². The average molecular weight is 196 g/mol. The number of hydrogen-bond donors (Lipinski definition) is 1. The van der Waals surface area contributed by atoms with Crippen LogP contribution in [0.25, 0.3) is 0 Å². The Morgan fingerprint density at radius 3 is 2.07 bits per heavy atom. The van der Waals surface area contributed by atoms with Crippen molar-refractivity contribution in [3.8, 4) is 5.75 Å². The van der Waals surface area contributed by atoms with Gasteiger partial charge in [-0.25, -0.2) is 5.26 Å². The van der Waals surface area contributed by atoms with Crippen LogP contribution in [0.15, 0.2) is 24.3 Å². The summed E-state index contributed by atoms with van der Waals surface area (Å²) < 4.78 is 0. The molecule has 0 aliphatic heterocycles. The SMILES string of the molecule is CC(C)c1ccccc1OO.CCC. The molecule has 2 nitrogen and oxygen atoms in total. The molecule has 14 heavy (non-hydrogen) atoms. The van der Waals surface area contributed by atoms with Gasteiger partial charge >= 0.3 is 0 Å². The fourth-order valence-corrected chi connectivity index (χ4v) is 1.04. The molecule has 1 N–H and O–H groups in total. The van der Waals surface area contributed by atoms with Crippen molar-refractivity contribution in [1.29, 1.82) is 0 Å². The molecule has 0 unspecified atom stereocenters. The van der Waals surface area contributed by atoms with Crippen molar-refractivity contribution < 1.29 is 10.1 Å². The molecule has 0 spiro atoms. The van der Waals surface area contributed by atoms with E-state index in [1.807, 2.05) is 18.2 Å². The zero-order valence-corrected chi connectivity index (χ0v) is 9.45. The fraction of sp³-hybridized carbons (Fsp3) is 0.500. The van der Waals surface area contributed by atoms with Gasteiger partial charge < -0.3 is 4.89 Å². The summed E-state index contributed by atoms with van der Waals surface area (Å²) in [6, 6.07) is 7.45. The molecular formula is C12H20O2. The maximum Gasteiger partial charge on any atom is 0.168 e. The number of benzene rings is 1. The minimum atomic E-state index is 0.373. The van der Waals surface area contributed by atoms with Crippen molar-refractivity contribution in [3.05, 3.63) is 29.8 Å². The van der Waals surface area contributed by atoms with Crippen LogP contribution in [0, 0.1) is 0 Å². The molecule has 80 valence electrons. The van der Waals surface area contributed by atoms with Crippen LogP contribution in [-0.2, 0) is 0 Å². The second-order valence-electron chi connectivity index (χ2n) is 3.49. The molecule has 0 atom stereocenters. The lowest BCUT2D eigenvalue weighted by atomic mass is 10.0. The highest BCUT2D eigenvalue weighted by atomic mass is 17.1. The highest BCUT2D eigenvalue weighted by molar-refractivity contribution is 5.34. The molecule has 2 heteroatoms. The molecule has 0 bridgehead atoms. The van der Waals surface area contributed by atoms with Crippen LogP contribution < -0.4 is 4.89 Å². The average Bonchev–Trinajstić information content (AvgIpc) is 2.19. The molecular weight excluding hydrogens is 176 g/mol. The largest absolute Gasteiger partial charge is 0.340 e. The Labute approximate surface area is 86.5 Å². The van der Waals surface area contributed by atoms with Crippen molar-refractivity contribution in [2.45, 2.75) is 40.0 Å². The van der Waals surface area contributed by atoms with Gasteiger partial charge in [0.05, 0.1) is 0 Å². The highest BCUT2D eigenvalue weighted by Gasteiger charge is 2.05. The van der Waals surface area contributed by atoms with Gasteiger partial charge in [0, 0.05) is 5.56 Å². The van der Waals surface area contributed by atoms with Gasteiger partial charge in [-0.05, 0) is 12.0 Å². The molecule has 1 rings (SSSR count). The van der Waals surface area contributed by atoms with Crippen molar-refractivity contribution in [1.82, 2.24) is 0 Å². The van der Waals surface area contributed by atoms with E-state index >= 15 is 0 Å².